The van der Waals surface area contributed by atoms with Crippen molar-refractivity contribution in [2.75, 3.05) is 16.0 Å². The Morgan fingerprint density at radius 1 is 0.923 bits per heavy atom. The van der Waals surface area contributed by atoms with Crippen molar-refractivity contribution in [2.45, 2.75) is 24.7 Å². The number of primary sulfonamides is 1. The van der Waals surface area contributed by atoms with Gasteiger partial charge in [0.15, 0.2) is 0 Å². The van der Waals surface area contributed by atoms with E-state index in [1.165, 1.54) is 24.3 Å². The number of carbonyl (C=O) groups is 2. The van der Waals surface area contributed by atoms with Crippen LogP contribution in [0.4, 0.5) is 21.9 Å². The first kappa shape index (κ1) is 19.4. The second-order valence-electron chi connectivity index (χ2n) is 5.53. The Morgan fingerprint density at radius 2 is 1.50 bits per heavy atom. The summed E-state index contributed by atoms with van der Waals surface area (Å²) in [5, 5.41) is 13.0. The predicted molar refractivity (Wildman–Crippen MR) is 100 cm³/mol. The molecule has 0 aliphatic carbocycles. The van der Waals surface area contributed by atoms with E-state index in [9.17, 15) is 18.0 Å². The van der Waals surface area contributed by atoms with Gasteiger partial charge in [-0.3, -0.25) is 4.79 Å². The maximum atomic E-state index is 12.0. The molecule has 0 saturated heterocycles. The lowest BCUT2D eigenvalue weighted by Crippen LogP contribution is -2.20. The van der Waals surface area contributed by atoms with E-state index in [0.717, 1.165) is 6.42 Å². The fourth-order valence-corrected chi connectivity index (χ4v) is 2.66. The van der Waals surface area contributed by atoms with Crippen molar-refractivity contribution in [3.8, 4) is 0 Å². The molecule has 0 spiro atoms. The van der Waals surface area contributed by atoms with Crippen molar-refractivity contribution in [1.29, 1.82) is 0 Å². The van der Waals surface area contributed by atoms with E-state index < -0.39 is 16.1 Å². The molecule has 0 aliphatic rings. The van der Waals surface area contributed by atoms with Gasteiger partial charge in [-0.25, -0.2) is 18.4 Å². The second-order valence-corrected chi connectivity index (χ2v) is 7.09. The minimum Gasteiger partial charge on any atom is -0.326 e. The molecule has 0 fully saturated rings. The normalized spacial score (nSPS) is 10.8. The third kappa shape index (κ3) is 5.87. The highest BCUT2D eigenvalue weighted by Gasteiger charge is 2.08. The quantitative estimate of drug-likeness (QED) is 0.617. The average Bonchev–Trinajstić information content (AvgIpc) is 2.55. The molecule has 0 saturated carbocycles. The Balaban J connectivity index is 1.98. The van der Waals surface area contributed by atoms with Gasteiger partial charge in [-0.05, 0) is 48.9 Å². The number of hydrogen-bond acceptors (Lipinski definition) is 4. The summed E-state index contributed by atoms with van der Waals surface area (Å²) in [5.74, 6) is -0.0935. The number of amides is 3. The summed E-state index contributed by atoms with van der Waals surface area (Å²) in [6, 6.07) is 11.7. The van der Waals surface area contributed by atoms with Crippen LogP contribution in [0.2, 0.25) is 0 Å². The van der Waals surface area contributed by atoms with Crippen LogP contribution in [-0.4, -0.2) is 20.4 Å². The van der Waals surface area contributed by atoms with E-state index in [1.807, 2.05) is 6.92 Å². The molecule has 3 amide bonds. The van der Waals surface area contributed by atoms with Gasteiger partial charge in [0.05, 0.1) is 4.90 Å². The minimum atomic E-state index is -3.78. The van der Waals surface area contributed by atoms with Crippen molar-refractivity contribution in [1.82, 2.24) is 0 Å². The van der Waals surface area contributed by atoms with Crippen molar-refractivity contribution in [3.63, 3.8) is 0 Å². The van der Waals surface area contributed by atoms with Crippen LogP contribution in [0.1, 0.15) is 19.8 Å². The van der Waals surface area contributed by atoms with Gasteiger partial charge < -0.3 is 16.0 Å². The molecule has 0 aromatic heterocycles. The van der Waals surface area contributed by atoms with E-state index in [4.69, 9.17) is 5.14 Å². The Bertz CT molecular complexity index is 895. The van der Waals surface area contributed by atoms with Crippen molar-refractivity contribution < 1.29 is 18.0 Å². The van der Waals surface area contributed by atoms with Crippen LogP contribution in [0.25, 0.3) is 0 Å². The Hall–Kier alpha value is -2.91. The van der Waals surface area contributed by atoms with Crippen molar-refractivity contribution >= 4 is 39.0 Å². The van der Waals surface area contributed by atoms with Gasteiger partial charge in [-0.1, -0.05) is 13.0 Å². The van der Waals surface area contributed by atoms with E-state index in [1.54, 1.807) is 24.3 Å². The number of nitrogens with one attached hydrogen (secondary N) is 3. The Morgan fingerprint density at radius 3 is 2.08 bits per heavy atom. The van der Waals surface area contributed by atoms with Gasteiger partial charge in [0.2, 0.25) is 15.9 Å². The molecule has 0 atom stereocenters. The zero-order valence-electron chi connectivity index (χ0n) is 14.2. The van der Waals surface area contributed by atoms with Crippen LogP contribution in [0.3, 0.4) is 0 Å². The number of sulfonamides is 1. The third-order valence-electron chi connectivity index (χ3n) is 3.32. The molecular formula is C17H20N4O4S. The zero-order valence-corrected chi connectivity index (χ0v) is 15.0. The first-order valence-electron chi connectivity index (χ1n) is 7.88. The molecule has 2 aromatic carbocycles. The number of benzene rings is 2. The standard InChI is InChI=1S/C17H20N4O4S/c1-2-4-16(22)19-13-5-3-6-14(11-13)21-17(23)20-12-7-9-15(10-8-12)26(18,24)25/h3,5-11H,2,4H2,1H3,(H,19,22)(H2,18,24,25)(H2,20,21,23). The molecule has 0 radical (unpaired) electrons. The Labute approximate surface area is 151 Å². The summed E-state index contributed by atoms with van der Waals surface area (Å²) in [6.07, 6.45) is 1.17. The van der Waals surface area contributed by atoms with Gasteiger partial charge in [-0.15, -0.1) is 0 Å². The summed E-state index contributed by atoms with van der Waals surface area (Å²) in [7, 11) is -3.78. The monoisotopic (exact) mass is 376 g/mol. The van der Waals surface area contributed by atoms with Gasteiger partial charge in [0, 0.05) is 23.5 Å². The average molecular weight is 376 g/mol. The smallest absolute Gasteiger partial charge is 0.323 e. The molecule has 2 aromatic rings. The molecule has 26 heavy (non-hydrogen) atoms. The number of hydrogen-bond donors (Lipinski definition) is 4. The highest BCUT2D eigenvalue weighted by atomic mass is 32.2. The van der Waals surface area contributed by atoms with E-state index in [-0.39, 0.29) is 10.8 Å². The third-order valence-corrected chi connectivity index (χ3v) is 4.25. The fraction of sp³-hybridized carbons (Fsp3) is 0.176. The van der Waals surface area contributed by atoms with Crippen LogP contribution < -0.4 is 21.1 Å². The highest BCUT2D eigenvalue weighted by molar-refractivity contribution is 7.89. The topological polar surface area (TPSA) is 130 Å². The molecule has 0 aliphatic heterocycles. The van der Waals surface area contributed by atoms with Crippen LogP contribution in [0, 0.1) is 0 Å². The zero-order chi connectivity index (χ0) is 19.2. The van der Waals surface area contributed by atoms with E-state index >= 15 is 0 Å². The largest absolute Gasteiger partial charge is 0.326 e. The summed E-state index contributed by atoms with van der Waals surface area (Å²) in [6.45, 7) is 1.91. The maximum Gasteiger partial charge on any atom is 0.323 e. The number of nitrogens with two attached hydrogens (primary N) is 1. The molecule has 5 N–H and O–H groups in total. The maximum absolute atomic E-state index is 12.0. The van der Waals surface area contributed by atoms with Gasteiger partial charge in [0.1, 0.15) is 0 Å². The summed E-state index contributed by atoms with van der Waals surface area (Å²) >= 11 is 0. The van der Waals surface area contributed by atoms with Crippen LogP contribution >= 0.6 is 0 Å². The molecule has 0 bridgehead atoms. The van der Waals surface area contributed by atoms with Gasteiger partial charge in [0.25, 0.3) is 0 Å². The summed E-state index contributed by atoms with van der Waals surface area (Å²) in [5.41, 5.74) is 1.49. The van der Waals surface area contributed by atoms with Crippen LogP contribution in [0.15, 0.2) is 53.4 Å². The van der Waals surface area contributed by atoms with Crippen LogP contribution in [0.5, 0.6) is 0 Å². The number of rotatable bonds is 6. The lowest BCUT2D eigenvalue weighted by atomic mass is 10.2. The predicted octanol–water partition coefficient (Wildman–Crippen LogP) is 2.72. The first-order valence-corrected chi connectivity index (χ1v) is 9.43. The first-order chi connectivity index (χ1) is 12.3. The Kier molecular flexibility index (Phi) is 6.31. The van der Waals surface area contributed by atoms with Gasteiger partial charge in [-0.2, -0.15) is 0 Å². The SMILES string of the molecule is CCCC(=O)Nc1cccc(NC(=O)Nc2ccc(S(N)(=O)=O)cc2)c1. The molecule has 9 heteroatoms. The molecular weight excluding hydrogens is 356 g/mol. The van der Waals surface area contributed by atoms with Crippen molar-refractivity contribution in [2.24, 2.45) is 5.14 Å². The molecule has 0 heterocycles. The van der Waals surface area contributed by atoms with Crippen LogP contribution in [-0.2, 0) is 14.8 Å². The highest BCUT2D eigenvalue weighted by Crippen LogP contribution is 2.17. The molecule has 2 rings (SSSR count). The number of urea groups is 1. The molecule has 8 nitrogen and oxygen atoms in total. The lowest BCUT2D eigenvalue weighted by Gasteiger charge is -2.10. The van der Waals surface area contributed by atoms with Crippen molar-refractivity contribution in [3.05, 3.63) is 48.5 Å². The minimum absolute atomic E-state index is 0.0426. The van der Waals surface area contributed by atoms with E-state index in [0.29, 0.717) is 23.5 Å². The molecule has 0 unspecified atom stereocenters. The number of carbonyl (C=O) groups excluding carboxylic acids is 2. The van der Waals surface area contributed by atoms with Gasteiger partial charge >= 0.3 is 6.03 Å². The molecule has 138 valence electrons. The second kappa shape index (κ2) is 8.45. The summed E-state index contributed by atoms with van der Waals surface area (Å²) < 4.78 is 22.4. The fourth-order valence-electron chi connectivity index (χ4n) is 2.15. The number of anilines is 3. The van der Waals surface area contributed by atoms with E-state index in [2.05, 4.69) is 16.0 Å². The lowest BCUT2D eigenvalue weighted by molar-refractivity contribution is -0.116. The summed E-state index contributed by atoms with van der Waals surface area (Å²) in [4.78, 5) is 23.6.